The van der Waals surface area contributed by atoms with E-state index in [1.165, 1.54) is 56.9 Å². The highest BCUT2D eigenvalue weighted by molar-refractivity contribution is 5.36. The van der Waals surface area contributed by atoms with Gasteiger partial charge in [-0.3, -0.25) is 0 Å². The summed E-state index contributed by atoms with van der Waals surface area (Å²) in [5, 5.41) is 9.64. The van der Waals surface area contributed by atoms with Gasteiger partial charge in [0.1, 0.15) is 0 Å². The number of fused-ring (bicyclic) bond motifs is 1. The number of hydrogen-bond acceptors (Lipinski definition) is 2. The maximum absolute atomic E-state index is 9.64. The molecule has 1 N–H and O–H groups in total. The van der Waals surface area contributed by atoms with Gasteiger partial charge in [-0.25, -0.2) is 0 Å². The van der Waals surface area contributed by atoms with Gasteiger partial charge < -0.3 is 9.84 Å². The van der Waals surface area contributed by atoms with Crippen LogP contribution < -0.4 is 0 Å². The molecule has 2 aliphatic carbocycles. The minimum atomic E-state index is 0.145. The molecule has 1 aromatic carbocycles. The summed E-state index contributed by atoms with van der Waals surface area (Å²) >= 11 is 0. The molecule has 1 fully saturated rings. The molecule has 0 radical (unpaired) electrons. The van der Waals surface area contributed by atoms with Crippen LogP contribution in [0.2, 0.25) is 0 Å². The van der Waals surface area contributed by atoms with Crippen LogP contribution in [0.4, 0.5) is 0 Å². The first kappa shape index (κ1) is 19.9. The first-order chi connectivity index (χ1) is 12.5. The molecule has 1 saturated carbocycles. The Labute approximate surface area is 160 Å². The minimum absolute atomic E-state index is 0.145. The maximum atomic E-state index is 9.64. The molecular formula is C24H38O2. The second-order valence-electron chi connectivity index (χ2n) is 9.38. The Bertz CT molecular complexity index is 582. The Morgan fingerprint density at radius 2 is 2.08 bits per heavy atom. The van der Waals surface area contributed by atoms with Crippen LogP contribution in [0.5, 0.6) is 0 Å². The van der Waals surface area contributed by atoms with E-state index in [1.54, 1.807) is 11.1 Å². The number of aliphatic hydroxyl groups is 1. The molecule has 146 valence electrons. The highest BCUT2D eigenvalue weighted by Crippen LogP contribution is 2.46. The van der Waals surface area contributed by atoms with Crippen molar-refractivity contribution >= 4 is 0 Å². The lowest BCUT2D eigenvalue weighted by Crippen LogP contribution is -2.17. The van der Waals surface area contributed by atoms with Crippen molar-refractivity contribution in [3.63, 3.8) is 0 Å². The Morgan fingerprint density at radius 1 is 1.23 bits per heavy atom. The van der Waals surface area contributed by atoms with E-state index in [9.17, 15) is 5.11 Å². The van der Waals surface area contributed by atoms with Crippen molar-refractivity contribution in [2.75, 3.05) is 13.7 Å². The van der Waals surface area contributed by atoms with Gasteiger partial charge in [0.15, 0.2) is 0 Å². The van der Waals surface area contributed by atoms with E-state index in [4.69, 9.17) is 4.74 Å². The Kier molecular flexibility index (Phi) is 6.80. The minimum Gasteiger partial charge on any atom is -0.396 e. The van der Waals surface area contributed by atoms with E-state index in [-0.39, 0.29) is 5.41 Å². The molecular weight excluding hydrogens is 320 g/mol. The summed E-state index contributed by atoms with van der Waals surface area (Å²) in [7, 11) is 1.81. The zero-order chi connectivity index (χ0) is 18.6. The van der Waals surface area contributed by atoms with Gasteiger partial charge in [-0.2, -0.15) is 0 Å². The molecule has 2 heteroatoms. The SMILES string of the molecule is COC(C)CCCC[C@H]1CCc2cc([C@H]3CC[C@](C)(CO)C3)ccc2C1. The van der Waals surface area contributed by atoms with Crippen LogP contribution in [0, 0.1) is 11.3 Å². The molecule has 0 amide bonds. The second kappa shape index (κ2) is 8.89. The van der Waals surface area contributed by atoms with Crippen LogP contribution in [0.3, 0.4) is 0 Å². The van der Waals surface area contributed by atoms with Gasteiger partial charge >= 0.3 is 0 Å². The molecule has 0 bridgehead atoms. The van der Waals surface area contributed by atoms with Crippen LogP contribution >= 0.6 is 0 Å². The summed E-state index contributed by atoms with van der Waals surface area (Å²) in [6.07, 6.45) is 13.0. The lowest BCUT2D eigenvalue weighted by Gasteiger charge is -2.26. The molecule has 2 nitrogen and oxygen atoms in total. The summed E-state index contributed by atoms with van der Waals surface area (Å²) in [6, 6.07) is 7.30. The summed E-state index contributed by atoms with van der Waals surface area (Å²) in [6.45, 7) is 4.74. The number of methoxy groups -OCH3 is 1. The predicted molar refractivity (Wildman–Crippen MR) is 109 cm³/mol. The molecule has 2 aliphatic rings. The number of ether oxygens (including phenoxy) is 1. The molecule has 0 aromatic heterocycles. The van der Waals surface area contributed by atoms with Crippen molar-refractivity contribution < 1.29 is 9.84 Å². The summed E-state index contributed by atoms with van der Waals surface area (Å²) in [5.41, 5.74) is 4.86. The number of benzene rings is 1. The first-order valence-electron chi connectivity index (χ1n) is 10.8. The normalized spacial score (nSPS) is 29.5. The van der Waals surface area contributed by atoms with Crippen LogP contribution in [0.25, 0.3) is 0 Å². The lowest BCUT2D eigenvalue weighted by atomic mass is 9.79. The van der Waals surface area contributed by atoms with Gasteiger partial charge in [-0.05, 0) is 85.8 Å². The number of hydrogen-bond donors (Lipinski definition) is 1. The zero-order valence-corrected chi connectivity index (χ0v) is 17.1. The van der Waals surface area contributed by atoms with Crippen LogP contribution in [-0.2, 0) is 17.6 Å². The van der Waals surface area contributed by atoms with Crippen LogP contribution in [-0.4, -0.2) is 24.9 Å². The topological polar surface area (TPSA) is 29.5 Å². The third-order valence-electron chi connectivity index (χ3n) is 7.12. The van der Waals surface area contributed by atoms with Crippen molar-refractivity contribution in [3.05, 3.63) is 34.9 Å². The number of unbranched alkanes of at least 4 members (excludes halogenated alkanes) is 1. The molecule has 26 heavy (non-hydrogen) atoms. The maximum Gasteiger partial charge on any atom is 0.0543 e. The van der Waals surface area contributed by atoms with E-state index in [0.29, 0.717) is 18.6 Å². The average molecular weight is 359 g/mol. The highest BCUT2D eigenvalue weighted by Gasteiger charge is 2.35. The van der Waals surface area contributed by atoms with Gasteiger partial charge in [0.25, 0.3) is 0 Å². The predicted octanol–water partition coefficient (Wildman–Crippen LogP) is 5.65. The average Bonchev–Trinajstić information content (AvgIpc) is 3.07. The fraction of sp³-hybridized carbons (Fsp3) is 0.750. The Morgan fingerprint density at radius 3 is 2.81 bits per heavy atom. The molecule has 1 aromatic rings. The lowest BCUT2D eigenvalue weighted by molar-refractivity contribution is 0.108. The van der Waals surface area contributed by atoms with Crippen molar-refractivity contribution in [1.82, 2.24) is 0 Å². The van der Waals surface area contributed by atoms with Gasteiger partial charge in [-0.1, -0.05) is 44.4 Å². The smallest absolute Gasteiger partial charge is 0.0543 e. The molecule has 0 spiro atoms. The van der Waals surface area contributed by atoms with Crippen molar-refractivity contribution in [3.8, 4) is 0 Å². The van der Waals surface area contributed by atoms with Gasteiger partial charge in [-0.15, -0.1) is 0 Å². The molecule has 0 saturated heterocycles. The number of aliphatic hydroxyl groups excluding tert-OH is 1. The zero-order valence-electron chi connectivity index (χ0n) is 17.1. The monoisotopic (exact) mass is 358 g/mol. The van der Waals surface area contributed by atoms with E-state index in [2.05, 4.69) is 32.0 Å². The standard InChI is InChI=1S/C24H38O2/c1-18(26-3)6-4-5-7-19-8-9-21-15-22(11-10-20(21)14-19)23-12-13-24(2,16-23)17-25/h10-11,15,18-19,23,25H,4-9,12-14,16-17H2,1-3H3/t18?,19-,23-,24-/m0/s1. The quantitative estimate of drug-likeness (QED) is 0.608. The Balaban J connectivity index is 1.51. The molecule has 4 atom stereocenters. The molecule has 0 heterocycles. The summed E-state index contributed by atoms with van der Waals surface area (Å²) in [5.74, 6) is 1.52. The van der Waals surface area contributed by atoms with Gasteiger partial charge in [0.05, 0.1) is 6.10 Å². The van der Waals surface area contributed by atoms with Crippen LogP contribution in [0.15, 0.2) is 18.2 Å². The highest BCUT2D eigenvalue weighted by atomic mass is 16.5. The van der Waals surface area contributed by atoms with Crippen molar-refractivity contribution in [2.24, 2.45) is 11.3 Å². The van der Waals surface area contributed by atoms with Crippen molar-refractivity contribution in [2.45, 2.75) is 90.1 Å². The molecule has 0 aliphatic heterocycles. The second-order valence-corrected chi connectivity index (χ2v) is 9.38. The largest absolute Gasteiger partial charge is 0.396 e. The first-order valence-corrected chi connectivity index (χ1v) is 10.8. The van der Waals surface area contributed by atoms with Crippen molar-refractivity contribution in [1.29, 1.82) is 0 Å². The fourth-order valence-corrected chi connectivity index (χ4v) is 5.08. The molecule has 3 rings (SSSR count). The van der Waals surface area contributed by atoms with Gasteiger partial charge in [0, 0.05) is 13.7 Å². The van der Waals surface area contributed by atoms with E-state index in [1.807, 2.05) is 7.11 Å². The Hall–Kier alpha value is -0.860. The fourth-order valence-electron chi connectivity index (χ4n) is 5.08. The van der Waals surface area contributed by atoms with Gasteiger partial charge in [0.2, 0.25) is 0 Å². The third kappa shape index (κ3) is 4.89. The number of rotatable bonds is 8. The van der Waals surface area contributed by atoms with E-state index in [0.717, 1.165) is 18.8 Å². The third-order valence-corrected chi connectivity index (χ3v) is 7.12. The van der Waals surface area contributed by atoms with E-state index < -0.39 is 0 Å². The summed E-state index contributed by atoms with van der Waals surface area (Å²) < 4.78 is 5.35. The van der Waals surface area contributed by atoms with E-state index >= 15 is 0 Å². The number of aryl methyl sites for hydroxylation is 1. The summed E-state index contributed by atoms with van der Waals surface area (Å²) in [4.78, 5) is 0. The van der Waals surface area contributed by atoms with Crippen LogP contribution in [0.1, 0.15) is 87.8 Å². The molecule has 1 unspecified atom stereocenters.